The van der Waals surface area contributed by atoms with Gasteiger partial charge < -0.3 is 9.88 Å². The number of amides is 1. The van der Waals surface area contributed by atoms with Gasteiger partial charge in [0.2, 0.25) is 5.91 Å². The molecule has 0 spiro atoms. The molecule has 0 radical (unpaired) electrons. The van der Waals surface area contributed by atoms with E-state index in [4.69, 9.17) is 0 Å². The number of hydrogen-bond donors (Lipinski definition) is 1. The molecule has 0 unspecified atom stereocenters. The van der Waals surface area contributed by atoms with Crippen molar-refractivity contribution < 1.29 is 4.79 Å². The zero-order chi connectivity index (χ0) is 16.9. The van der Waals surface area contributed by atoms with Gasteiger partial charge in [-0.05, 0) is 6.07 Å². The molecule has 0 aliphatic carbocycles. The minimum atomic E-state index is -0.259. The third kappa shape index (κ3) is 3.65. The minimum absolute atomic E-state index is 0.0866. The summed E-state index contributed by atoms with van der Waals surface area (Å²) in [6.07, 6.45) is 5.21. The molecule has 1 N–H and O–H groups in total. The summed E-state index contributed by atoms with van der Waals surface area (Å²) in [6, 6.07) is 7.20. The van der Waals surface area contributed by atoms with Crippen LogP contribution in [-0.2, 0) is 18.4 Å². The number of aryl methyl sites for hydroxylation is 1. The lowest BCUT2D eigenvalue weighted by Crippen LogP contribution is -2.34. The van der Waals surface area contributed by atoms with Gasteiger partial charge in [-0.25, -0.2) is 9.67 Å². The Kier molecular flexibility index (Phi) is 4.95. The summed E-state index contributed by atoms with van der Waals surface area (Å²) in [5.74, 6) is 0.469. The summed E-state index contributed by atoms with van der Waals surface area (Å²) in [5, 5.41) is 9.07. The van der Waals surface area contributed by atoms with Gasteiger partial charge in [0.1, 0.15) is 6.54 Å². The molecule has 3 rings (SSSR count). The van der Waals surface area contributed by atoms with Gasteiger partial charge in [0.25, 0.3) is 5.56 Å². The summed E-state index contributed by atoms with van der Waals surface area (Å²) in [7, 11) is 1.92. The number of nitrogens with zero attached hydrogens (tertiary/aromatic N) is 4. The van der Waals surface area contributed by atoms with Crippen LogP contribution in [0, 0.1) is 0 Å². The molecule has 8 heteroatoms. The number of nitrogens with one attached hydrogen (secondary N) is 1. The van der Waals surface area contributed by atoms with Crippen molar-refractivity contribution in [3.8, 4) is 0 Å². The zero-order valence-corrected chi connectivity index (χ0v) is 14.0. The Bertz CT molecular complexity index is 918. The minimum Gasteiger partial charge on any atom is -0.354 e. The molecule has 0 bridgehead atoms. The van der Waals surface area contributed by atoms with Crippen molar-refractivity contribution in [2.24, 2.45) is 7.05 Å². The van der Waals surface area contributed by atoms with E-state index in [1.165, 1.54) is 4.68 Å². The molecular weight excluding hydrogens is 326 g/mol. The second-order valence-electron chi connectivity index (χ2n) is 5.21. The highest BCUT2D eigenvalue weighted by atomic mass is 32.2. The Hall–Kier alpha value is -2.61. The van der Waals surface area contributed by atoms with E-state index in [-0.39, 0.29) is 18.0 Å². The maximum absolute atomic E-state index is 12.3. The standard InChI is InChI=1S/C16H17N5O2S/c1-20-8-6-18-16(20)24-9-7-17-14(22)11-21-15(23)13-5-3-2-4-12(13)10-19-21/h2-6,8,10H,7,9,11H2,1H3,(H,17,22). The van der Waals surface area contributed by atoms with Gasteiger partial charge in [-0.3, -0.25) is 9.59 Å². The van der Waals surface area contributed by atoms with E-state index in [0.29, 0.717) is 17.7 Å². The third-order valence-electron chi connectivity index (χ3n) is 3.49. The Morgan fingerprint density at radius 2 is 2.17 bits per heavy atom. The predicted molar refractivity (Wildman–Crippen MR) is 92.9 cm³/mol. The normalized spacial score (nSPS) is 10.9. The van der Waals surface area contributed by atoms with E-state index in [9.17, 15) is 9.59 Å². The molecule has 1 aromatic carbocycles. The zero-order valence-electron chi connectivity index (χ0n) is 13.2. The highest BCUT2D eigenvalue weighted by Gasteiger charge is 2.08. The van der Waals surface area contributed by atoms with Crippen molar-refractivity contribution in [1.29, 1.82) is 0 Å². The summed E-state index contributed by atoms with van der Waals surface area (Å²) < 4.78 is 3.11. The fraction of sp³-hybridized carbons (Fsp3) is 0.250. The van der Waals surface area contributed by atoms with Crippen LogP contribution >= 0.6 is 11.8 Å². The van der Waals surface area contributed by atoms with Crippen LogP contribution in [0.5, 0.6) is 0 Å². The number of carbonyl (C=O) groups is 1. The van der Waals surface area contributed by atoms with Crippen molar-refractivity contribution in [2.45, 2.75) is 11.7 Å². The molecule has 24 heavy (non-hydrogen) atoms. The maximum Gasteiger partial charge on any atom is 0.275 e. The van der Waals surface area contributed by atoms with Crippen molar-refractivity contribution in [3.05, 3.63) is 53.2 Å². The highest BCUT2D eigenvalue weighted by Crippen LogP contribution is 2.12. The fourth-order valence-electron chi connectivity index (χ4n) is 2.26. The largest absolute Gasteiger partial charge is 0.354 e. The van der Waals surface area contributed by atoms with Crippen LogP contribution in [0.2, 0.25) is 0 Å². The number of imidazole rings is 1. The van der Waals surface area contributed by atoms with Crippen LogP contribution in [-0.4, -0.2) is 37.5 Å². The van der Waals surface area contributed by atoms with E-state index in [2.05, 4.69) is 15.4 Å². The van der Waals surface area contributed by atoms with Gasteiger partial charge in [-0.1, -0.05) is 30.0 Å². The van der Waals surface area contributed by atoms with E-state index in [1.807, 2.05) is 29.9 Å². The first-order valence-electron chi connectivity index (χ1n) is 7.47. The second-order valence-corrected chi connectivity index (χ2v) is 6.28. The van der Waals surface area contributed by atoms with E-state index >= 15 is 0 Å². The topological polar surface area (TPSA) is 81.8 Å². The lowest BCUT2D eigenvalue weighted by molar-refractivity contribution is -0.121. The number of fused-ring (bicyclic) bond motifs is 1. The monoisotopic (exact) mass is 343 g/mol. The van der Waals surface area contributed by atoms with Crippen LogP contribution in [0.1, 0.15) is 0 Å². The van der Waals surface area contributed by atoms with Gasteiger partial charge in [0.15, 0.2) is 5.16 Å². The maximum atomic E-state index is 12.3. The van der Waals surface area contributed by atoms with Crippen molar-refractivity contribution in [3.63, 3.8) is 0 Å². The van der Waals surface area contributed by atoms with Gasteiger partial charge in [0.05, 0.1) is 11.6 Å². The SMILES string of the molecule is Cn1ccnc1SCCNC(=O)Cn1ncc2ccccc2c1=O. The lowest BCUT2D eigenvalue weighted by Gasteiger charge is -2.07. The van der Waals surface area contributed by atoms with Crippen LogP contribution in [0.15, 0.2) is 52.8 Å². The summed E-state index contributed by atoms with van der Waals surface area (Å²) in [4.78, 5) is 28.5. The molecule has 7 nitrogen and oxygen atoms in total. The van der Waals surface area contributed by atoms with Crippen LogP contribution in [0.25, 0.3) is 10.8 Å². The van der Waals surface area contributed by atoms with Crippen LogP contribution < -0.4 is 10.9 Å². The summed E-state index contributed by atoms with van der Waals surface area (Å²) in [6.45, 7) is 0.412. The lowest BCUT2D eigenvalue weighted by atomic mass is 10.2. The van der Waals surface area contributed by atoms with Gasteiger partial charge in [-0.2, -0.15) is 5.10 Å². The summed E-state index contributed by atoms with van der Waals surface area (Å²) >= 11 is 1.56. The van der Waals surface area contributed by atoms with E-state index in [0.717, 1.165) is 10.5 Å². The molecule has 0 atom stereocenters. The Morgan fingerprint density at radius 1 is 1.33 bits per heavy atom. The van der Waals surface area contributed by atoms with Crippen LogP contribution in [0.3, 0.4) is 0 Å². The average molecular weight is 343 g/mol. The molecular formula is C16H17N5O2S. The number of hydrogen-bond acceptors (Lipinski definition) is 5. The van der Waals surface area contributed by atoms with Gasteiger partial charge in [0, 0.05) is 37.1 Å². The number of benzene rings is 1. The number of aromatic nitrogens is 4. The first kappa shape index (κ1) is 16.3. The van der Waals surface area contributed by atoms with E-state index in [1.54, 1.807) is 36.3 Å². The Labute approximate surface area is 142 Å². The van der Waals surface area contributed by atoms with Crippen LogP contribution in [0.4, 0.5) is 0 Å². The van der Waals surface area contributed by atoms with Crippen molar-refractivity contribution in [1.82, 2.24) is 24.6 Å². The highest BCUT2D eigenvalue weighted by molar-refractivity contribution is 7.99. The molecule has 0 saturated heterocycles. The smallest absolute Gasteiger partial charge is 0.275 e. The molecule has 2 aromatic heterocycles. The third-order valence-corrected chi connectivity index (χ3v) is 4.55. The quantitative estimate of drug-likeness (QED) is 0.534. The average Bonchev–Trinajstić information content (AvgIpc) is 3.00. The van der Waals surface area contributed by atoms with E-state index < -0.39 is 0 Å². The van der Waals surface area contributed by atoms with Crippen molar-refractivity contribution >= 4 is 28.4 Å². The van der Waals surface area contributed by atoms with Gasteiger partial charge in [-0.15, -0.1) is 0 Å². The predicted octanol–water partition coefficient (Wildman–Crippen LogP) is 1.04. The fourth-order valence-corrected chi connectivity index (χ4v) is 3.04. The Morgan fingerprint density at radius 3 is 2.96 bits per heavy atom. The Balaban J connectivity index is 1.54. The second kappa shape index (κ2) is 7.31. The number of carbonyl (C=O) groups excluding carboxylic acids is 1. The molecule has 124 valence electrons. The first-order valence-corrected chi connectivity index (χ1v) is 8.45. The van der Waals surface area contributed by atoms with Gasteiger partial charge >= 0.3 is 0 Å². The number of thioether (sulfide) groups is 1. The molecule has 0 aliphatic heterocycles. The molecule has 0 fully saturated rings. The number of rotatable bonds is 6. The molecule has 3 aromatic rings. The molecule has 0 saturated carbocycles. The first-order chi connectivity index (χ1) is 11.6. The molecule has 1 amide bonds. The molecule has 0 aliphatic rings. The summed E-state index contributed by atoms with van der Waals surface area (Å²) in [5.41, 5.74) is -0.259. The van der Waals surface area contributed by atoms with Crippen molar-refractivity contribution in [2.75, 3.05) is 12.3 Å². The molecule has 2 heterocycles.